The number of carbonyl (C=O) groups excluding carboxylic acids is 1. The molecule has 1 aliphatic heterocycles. The summed E-state index contributed by atoms with van der Waals surface area (Å²) in [6.07, 6.45) is 0. The monoisotopic (exact) mass is 443 g/mol. The highest BCUT2D eigenvalue weighted by molar-refractivity contribution is 7.99. The van der Waals surface area contributed by atoms with Gasteiger partial charge in [-0.3, -0.25) is 14.1 Å². The number of pyridine rings is 1. The molecule has 0 saturated carbocycles. The molecule has 1 fully saturated rings. The van der Waals surface area contributed by atoms with Crippen molar-refractivity contribution in [1.82, 2.24) is 24.8 Å². The first-order valence-electron chi connectivity index (χ1n) is 10.4. The van der Waals surface area contributed by atoms with Gasteiger partial charge in [0.25, 0.3) is 0 Å². The topological polar surface area (TPSA) is 81.0 Å². The molecule has 1 aliphatic rings. The van der Waals surface area contributed by atoms with Gasteiger partial charge in [-0.1, -0.05) is 11.8 Å². The summed E-state index contributed by atoms with van der Waals surface area (Å²) in [4.78, 5) is 14.9. The van der Waals surface area contributed by atoms with E-state index in [1.54, 1.807) is 7.11 Å². The lowest BCUT2D eigenvalue weighted by Crippen LogP contribution is -2.55. The minimum absolute atomic E-state index is 0.0166. The maximum Gasteiger partial charge on any atom is 0.230 e. The molecule has 0 unspecified atom stereocenters. The summed E-state index contributed by atoms with van der Waals surface area (Å²) in [5, 5.41) is 13.5. The Morgan fingerprint density at radius 2 is 2.03 bits per heavy atom. The summed E-state index contributed by atoms with van der Waals surface area (Å²) in [5.41, 5.74) is 2.73. The molecular formula is C22H29N5O3S. The number of methoxy groups -OCH3 is 1. The molecule has 3 aromatic rings. The van der Waals surface area contributed by atoms with Crippen LogP contribution >= 0.6 is 11.8 Å². The van der Waals surface area contributed by atoms with Crippen molar-refractivity contribution >= 4 is 34.2 Å². The third kappa shape index (κ3) is 4.63. The summed E-state index contributed by atoms with van der Waals surface area (Å²) in [7, 11) is 1.65. The number of nitrogens with zero attached hydrogens (tertiary/aromatic N) is 4. The van der Waals surface area contributed by atoms with E-state index in [0.717, 1.165) is 54.2 Å². The molecule has 9 heteroatoms. The highest BCUT2D eigenvalue weighted by Crippen LogP contribution is 2.28. The molecular weight excluding hydrogens is 414 g/mol. The summed E-state index contributed by atoms with van der Waals surface area (Å²) in [6.45, 7) is 10.2. The highest BCUT2D eigenvalue weighted by Gasteiger charge is 2.28. The van der Waals surface area contributed by atoms with Crippen LogP contribution in [0.3, 0.4) is 0 Å². The van der Waals surface area contributed by atoms with Gasteiger partial charge in [-0.25, -0.2) is 0 Å². The van der Waals surface area contributed by atoms with E-state index in [9.17, 15) is 4.79 Å². The molecule has 31 heavy (non-hydrogen) atoms. The minimum atomic E-state index is -0.115. The number of hydrogen-bond donors (Lipinski definition) is 1. The molecule has 1 aromatic carbocycles. The summed E-state index contributed by atoms with van der Waals surface area (Å²) >= 11 is 1.39. The number of fused-ring (bicyclic) bond motifs is 3. The number of amides is 1. The smallest absolute Gasteiger partial charge is 0.230 e. The van der Waals surface area contributed by atoms with E-state index >= 15 is 0 Å². The number of aromatic nitrogens is 3. The number of ether oxygens (including phenoxy) is 2. The molecule has 0 aliphatic carbocycles. The van der Waals surface area contributed by atoms with E-state index in [-0.39, 0.29) is 17.2 Å². The van der Waals surface area contributed by atoms with Gasteiger partial charge in [0.15, 0.2) is 10.8 Å². The van der Waals surface area contributed by atoms with Crippen LogP contribution < -0.4 is 10.1 Å². The second-order valence-corrected chi connectivity index (χ2v) is 9.31. The number of nitrogens with one attached hydrogen (secondary N) is 1. The lowest BCUT2D eigenvalue weighted by molar-refractivity contribution is -0.119. The standard InChI is InChI=1S/C22H29N5O3S/c1-15-11-19-24-25-21(27(19)18-12-16(29-4)5-6-17(15)18)31-13-20(28)23-14-22(2,3)26-7-9-30-10-8-26/h5-6,11-12H,7-10,13-14H2,1-4H3,(H,23,28). The fourth-order valence-electron chi connectivity index (χ4n) is 3.90. The van der Waals surface area contributed by atoms with Crippen LogP contribution in [0.2, 0.25) is 0 Å². The van der Waals surface area contributed by atoms with Crippen LogP contribution in [-0.2, 0) is 9.53 Å². The molecule has 166 valence electrons. The molecule has 0 bridgehead atoms. The number of hydrogen-bond acceptors (Lipinski definition) is 7. The van der Waals surface area contributed by atoms with Crippen LogP contribution in [0.4, 0.5) is 0 Å². The second-order valence-electron chi connectivity index (χ2n) is 8.36. The molecule has 8 nitrogen and oxygen atoms in total. The van der Waals surface area contributed by atoms with Crippen LogP contribution in [-0.4, -0.2) is 76.7 Å². The normalized spacial score (nSPS) is 15.5. The lowest BCUT2D eigenvalue weighted by atomic mass is 10.0. The Kier molecular flexibility index (Phi) is 6.36. The Bertz CT molecular complexity index is 1090. The van der Waals surface area contributed by atoms with Gasteiger partial charge in [-0.2, -0.15) is 0 Å². The van der Waals surface area contributed by atoms with Crippen LogP contribution in [0.5, 0.6) is 5.75 Å². The zero-order valence-electron chi connectivity index (χ0n) is 18.5. The Balaban J connectivity index is 1.46. The molecule has 1 N–H and O–H groups in total. The first-order chi connectivity index (χ1) is 14.9. The van der Waals surface area contributed by atoms with Gasteiger partial charge in [0, 0.05) is 36.6 Å². The van der Waals surface area contributed by atoms with Crippen LogP contribution in [0.25, 0.3) is 16.6 Å². The first-order valence-corrected chi connectivity index (χ1v) is 11.4. The van der Waals surface area contributed by atoms with Crippen molar-refractivity contribution < 1.29 is 14.3 Å². The van der Waals surface area contributed by atoms with Crippen LogP contribution in [0.1, 0.15) is 19.4 Å². The molecule has 0 radical (unpaired) electrons. The molecule has 0 spiro atoms. The van der Waals surface area contributed by atoms with Gasteiger partial charge in [0.2, 0.25) is 5.91 Å². The van der Waals surface area contributed by atoms with E-state index in [0.29, 0.717) is 11.7 Å². The van der Waals surface area contributed by atoms with E-state index in [2.05, 4.69) is 41.2 Å². The predicted molar refractivity (Wildman–Crippen MR) is 122 cm³/mol. The average molecular weight is 444 g/mol. The molecule has 3 heterocycles. The van der Waals surface area contributed by atoms with Crippen molar-refractivity contribution in [2.24, 2.45) is 0 Å². The molecule has 2 aromatic heterocycles. The SMILES string of the molecule is COc1ccc2c(C)cc3nnc(SCC(=O)NCC(C)(C)N4CCOCC4)n3c2c1. The fourth-order valence-corrected chi connectivity index (χ4v) is 4.68. The zero-order valence-corrected chi connectivity index (χ0v) is 19.3. The number of aryl methyl sites for hydroxylation is 1. The Labute approximate surface area is 186 Å². The quantitative estimate of drug-likeness (QED) is 0.562. The van der Waals surface area contributed by atoms with Gasteiger partial charge < -0.3 is 14.8 Å². The third-order valence-corrected chi connectivity index (χ3v) is 6.72. The van der Waals surface area contributed by atoms with Crippen molar-refractivity contribution in [3.63, 3.8) is 0 Å². The maximum atomic E-state index is 12.6. The van der Waals surface area contributed by atoms with Gasteiger partial charge >= 0.3 is 0 Å². The van der Waals surface area contributed by atoms with Gasteiger partial charge in [0.1, 0.15) is 5.75 Å². The van der Waals surface area contributed by atoms with Crippen molar-refractivity contribution in [2.75, 3.05) is 45.7 Å². The maximum absolute atomic E-state index is 12.6. The molecule has 1 amide bonds. The number of morpholine rings is 1. The van der Waals surface area contributed by atoms with Crippen LogP contribution in [0, 0.1) is 6.92 Å². The van der Waals surface area contributed by atoms with Crippen molar-refractivity contribution in [3.05, 3.63) is 29.8 Å². The number of benzene rings is 1. The minimum Gasteiger partial charge on any atom is -0.497 e. The van der Waals surface area contributed by atoms with Gasteiger partial charge in [0.05, 0.1) is 31.6 Å². The molecule has 1 saturated heterocycles. The number of thioether (sulfide) groups is 1. The van der Waals surface area contributed by atoms with Gasteiger partial charge in [-0.05, 0) is 44.5 Å². The Morgan fingerprint density at radius 3 is 2.77 bits per heavy atom. The predicted octanol–water partition coefficient (Wildman–Crippen LogP) is 2.52. The van der Waals surface area contributed by atoms with E-state index < -0.39 is 0 Å². The highest BCUT2D eigenvalue weighted by atomic mass is 32.2. The Morgan fingerprint density at radius 1 is 1.26 bits per heavy atom. The first kappa shape index (κ1) is 21.9. The lowest BCUT2D eigenvalue weighted by Gasteiger charge is -2.40. The van der Waals surface area contributed by atoms with E-state index in [4.69, 9.17) is 9.47 Å². The number of rotatable bonds is 7. The van der Waals surface area contributed by atoms with Crippen molar-refractivity contribution in [1.29, 1.82) is 0 Å². The molecule has 4 rings (SSSR count). The van der Waals surface area contributed by atoms with Gasteiger partial charge in [-0.15, -0.1) is 10.2 Å². The summed E-state index contributed by atoms with van der Waals surface area (Å²) in [6, 6.07) is 7.98. The van der Waals surface area contributed by atoms with E-state index in [1.165, 1.54) is 11.8 Å². The van der Waals surface area contributed by atoms with Crippen LogP contribution in [0.15, 0.2) is 29.4 Å². The zero-order chi connectivity index (χ0) is 22.0. The average Bonchev–Trinajstić information content (AvgIpc) is 3.19. The Hall–Kier alpha value is -2.36. The number of carbonyl (C=O) groups is 1. The fraction of sp³-hybridized carbons (Fsp3) is 0.500. The van der Waals surface area contributed by atoms with Crippen molar-refractivity contribution in [3.8, 4) is 5.75 Å². The largest absolute Gasteiger partial charge is 0.497 e. The summed E-state index contributed by atoms with van der Waals surface area (Å²) < 4.78 is 12.8. The molecule has 0 atom stereocenters. The third-order valence-electron chi connectivity index (χ3n) is 5.79. The van der Waals surface area contributed by atoms with Crippen molar-refractivity contribution in [2.45, 2.75) is 31.5 Å². The second kappa shape index (κ2) is 9.02. The van der Waals surface area contributed by atoms with E-state index in [1.807, 2.05) is 28.7 Å². The summed E-state index contributed by atoms with van der Waals surface area (Å²) in [5.74, 6) is 1.03.